The largest absolute Gasteiger partial charge is 0.126 e. The van der Waals surface area contributed by atoms with E-state index in [0.717, 1.165) is 11.8 Å². The van der Waals surface area contributed by atoms with Gasteiger partial charge in [0.25, 0.3) is 0 Å². The zero-order valence-corrected chi connectivity index (χ0v) is 16.0. The minimum absolute atomic E-state index is 1.01. The summed E-state index contributed by atoms with van der Waals surface area (Å²) in [4.78, 5) is 1.43. The Morgan fingerprint density at radius 2 is 1.39 bits per heavy atom. The van der Waals surface area contributed by atoms with E-state index in [0.29, 0.717) is 0 Å². The summed E-state index contributed by atoms with van der Waals surface area (Å²) >= 11 is 2.04. The second-order valence-electron chi connectivity index (χ2n) is 7.39. The van der Waals surface area contributed by atoms with Crippen molar-refractivity contribution < 1.29 is 0 Å². The Morgan fingerprint density at radius 3 is 2.09 bits per heavy atom. The average Bonchev–Trinajstić information content (AvgIpc) is 2.60. The molecule has 0 nitrogen and oxygen atoms in total. The van der Waals surface area contributed by atoms with Crippen molar-refractivity contribution in [1.82, 2.24) is 0 Å². The van der Waals surface area contributed by atoms with Gasteiger partial charge in [-0.2, -0.15) is 0 Å². The second-order valence-corrected chi connectivity index (χ2v) is 8.56. The molecule has 0 spiro atoms. The van der Waals surface area contributed by atoms with Crippen molar-refractivity contribution in [3.63, 3.8) is 0 Å². The smallest absolute Gasteiger partial charge is 0.00719 e. The van der Waals surface area contributed by atoms with Crippen molar-refractivity contribution in [2.75, 3.05) is 5.75 Å². The zero-order valence-electron chi connectivity index (χ0n) is 15.1. The molecule has 0 aromatic heterocycles. The molecule has 0 radical (unpaired) electrons. The molecule has 1 heteroatoms. The fourth-order valence-electron chi connectivity index (χ4n) is 3.88. The molecule has 23 heavy (non-hydrogen) atoms. The standard InChI is InChI=1S/C22H36S/c1-2-3-4-5-6-8-11-20-14-16-21(17-15-20)18-19-23-22-12-9-7-10-13-22/h7,9-10,12-13,20-21H,2-6,8,11,14-19H2,1H3. The van der Waals surface area contributed by atoms with Crippen LogP contribution in [0.1, 0.15) is 84.0 Å². The predicted molar refractivity (Wildman–Crippen MR) is 105 cm³/mol. The van der Waals surface area contributed by atoms with Crippen LogP contribution >= 0.6 is 11.8 Å². The number of hydrogen-bond acceptors (Lipinski definition) is 1. The highest BCUT2D eigenvalue weighted by atomic mass is 32.2. The summed E-state index contributed by atoms with van der Waals surface area (Å²) in [5, 5.41) is 0. The minimum atomic E-state index is 1.01. The van der Waals surface area contributed by atoms with Crippen LogP contribution in [-0.2, 0) is 0 Å². The van der Waals surface area contributed by atoms with Crippen LogP contribution in [0.3, 0.4) is 0 Å². The van der Waals surface area contributed by atoms with Gasteiger partial charge in [-0.15, -0.1) is 11.8 Å². The third-order valence-electron chi connectivity index (χ3n) is 5.47. The van der Waals surface area contributed by atoms with Gasteiger partial charge in [-0.05, 0) is 36.1 Å². The maximum atomic E-state index is 2.30. The quantitative estimate of drug-likeness (QED) is 0.295. The first-order valence-corrected chi connectivity index (χ1v) is 11.0. The van der Waals surface area contributed by atoms with Crippen LogP contribution in [-0.4, -0.2) is 5.75 Å². The van der Waals surface area contributed by atoms with Crippen LogP contribution in [0.5, 0.6) is 0 Å². The van der Waals surface area contributed by atoms with Crippen molar-refractivity contribution in [2.45, 2.75) is 88.9 Å². The highest BCUT2D eigenvalue weighted by Gasteiger charge is 2.20. The first-order chi connectivity index (χ1) is 11.4. The van der Waals surface area contributed by atoms with Crippen molar-refractivity contribution >= 4 is 11.8 Å². The Labute approximate surface area is 148 Å². The molecular formula is C22H36S. The highest BCUT2D eigenvalue weighted by Crippen LogP contribution is 2.34. The van der Waals surface area contributed by atoms with Gasteiger partial charge in [0, 0.05) is 4.90 Å². The Kier molecular flexibility index (Phi) is 9.87. The van der Waals surface area contributed by atoms with Crippen LogP contribution < -0.4 is 0 Å². The fourth-order valence-corrected chi connectivity index (χ4v) is 4.92. The van der Waals surface area contributed by atoms with Crippen LogP contribution in [0.25, 0.3) is 0 Å². The molecule has 1 aliphatic carbocycles. The lowest BCUT2D eigenvalue weighted by Crippen LogP contribution is -2.15. The van der Waals surface area contributed by atoms with Crippen molar-refractivity contribution in [1.29, 1.82) is 0 Å². The molecule has 0 atom stereocenters. The molecule has 0 heterocycles. The Bertz CT molecular complexity index is 378. The molecule has 0 bridgehead atoms. The lowest BCUT2D eigenvalue weighted by Gasteiger charge is -2.28. The maximum Gasteiger partial charge on any atom is 0.00719 e. The Hall–Kier alpha value is -0.430. The number of rotatable bonds is 11. The molecule has 0 N–H and O–H groups in total. The van der Waals surface area contributed by atoms with Crippen molar-refractivity contribution in [3.05, 3.63) is 30.3 Å². The molecule has 2 rings (SSSR count). The van der Waals surface area contributed by atoms with Gasteiger partial charge in [0.15, 0.2) is 0 Å². The third kappa shape index (κ3) is 8.29. The molecule has 1 aromatic carbocycles. The summed E-state index contributed by atoms with van der Waals surface area (Å²) in [6, 6.07) is 10.9. The lowest BCUT2D eigenvalue weighted by atomic mass is 9.79. The lowest BCUT2D eigenvalue weighted by molar-refractivity contribution is 0.254. The zero-order chi connectivity index (χ0) is 16.2. The first-order valence-electron chi connectivity index (χ1n) is 10.1. The molecule has 0 saturated heterocycles. The average molecular weight is 333 g/mol. The van der Waals surface area contributed by atoms with E-state index in [1.54, 1.807) is 0 Å². The minimum Gasteiger partial charge on any atom is -0.126 e. The van der Waals surface area contributed by atoms with Gasteiger partial charge < -0.3 is 0 Å². The monoisotopic (exact) mass is 332 g/mol. The normalized spacial score (nSPS) is 21.4. The summed E-state index contributed by atoms with van der Waals surface area (Å²) in [5.41, 5.74) is 0. The topological polar surface area (TPSA) is 0 Å². The van der Waals surface area contributed by atoms with E-state index in [9.17, 15) is 0 Å². The maximum absolute atomic E-state index is 2.30. The highest BCUT2D eigenvalue weighted by molar-refractivity contribution is 7.99. The molecule has 1 aliphatic rings. The van der Waals surface area contributed by atoms with Crippen molar-refractivity contribution in [2.24, 2.45) is 11.8 Å². The molecule has 0 aliphatic heterocycles. The number of hydrogen-bond donors (Lipinski definition) is 0. The van der Waals surface area contributed by atoms with E-state index in [4.69, 9.17) is 0 Å². The number of benzene rings is 1. The second kappa shape index (κ2) is 12.0. The van der Waals surface area contributed by atoms with Gasteiger partial charge in [0.2, 0.25) is 0 Å². The van der Waals surface area contributed by atoms with E-state index in [1.807, 2.05) is 11.8 Å². The molecule has 1 aromatic rings. The van der Waals surface area contributed by atoms with Gasteiger partial charge in [-0.1, -0.05) is 95.8 Å². The predicted octanol–water partition coefficient (Wildman–Crippen LogP) is 7.73. The Balaban J connectivity index is 1.47. The van der Waals surface area contributed by atoms with Crippen LogP contribution in [0.2, 0.25) is 0 Å². The van der Waals surface area contributed by atoms with E-state index in [1.165, 1.54) is 87.7 Å². The molecule has 0 unspecified atom stereocenters. The van der Waals surface area contributed by atoms with Gasteiger partial charge >= 0.3 is 0 Å². The van der Waals surface area contributed by atoms with Gasteiger partial charge in [0.1, 0.15) is 0 Å². The summed E-state index contributed by atoms with van der Waals surface area (Å²) in [6.45, 7) is 2.30. The van der Waals surface area contributed by atoms with Crippen LogP contribution in [0.4, 0.5) is 0 Å². The summed E-state index contributed by atoms with van der Waals surface area (Å²) in [7, 11) is 0. The third-order valence-corrected chi connectivity index (χ3v) is 6.52. The van der Waals surface area contributed by atoms with Crippen molar-refractivity contribution in [3.8, 4) is 0 Å². The van der Waals surface area contributed by atoms with E-state index < -0.39 is 0 Å². The SMILES string of the molecule is CCCCCCCCC1CCC(CCSc2ccccc2)CC1. The van der Waals surface area contributed by atoms with E-state index in [2.05, 4.69) is 37.3 Å². The molecular weight excluding hydrogens is 296 g/mol. The van der Waals surface area contributed by atoms with Gasteiger partial charge in [-0.3, -0.25) is 0 Å². The van der Waals surface area contributed by atoms with Crippen LogP contribution in [0.15, 0.2) is 35.2 Å². The molecule has 130 valence electrons. The molecule has 0 amide bonds. The molecule has 1 saturated carbocycles. The van der Waals surface area contributed by atoms with E-state index in [-0.39, 0.29) is 0 Å². The van der Waals surface area contributed by atoms with E-state index >= 15 is 0 Å². The summed E-state index contributed by atoms with van der Waals surface area (Å²) in [5.74, 6) is 3.36. The summed E-state index contributed by atoms with van der Waals surface area (Å²) in [6.07, 6.45) is 17.6. The van der Waals surface area contributed by atoms with Gasteiger partial charge in [-0.25, -0.2) is 0 Å². The fraction of sp³-hybridized carbons (Fsp3) is 0.727. The first kappa shape index (κ1) is 18.9. The summed E-state index contributed by atoms with van der Waals surface area (Å²) < 4.78 is 0. The Morgan fingerprint density at radius 1 is 0.783 bits per heavy atom. The number of thioether (sulfide) groups is 1. The number of unbranched alkanes of at least 4 members (excludes halogenated alkanes) is 5. The molecule has 1 fully saturated rings. The van der Waals surface area contributed by atoms with Crippen LogP contribution in [0, 0.1) is 11.8 Å². The van der Waals surface area contributed by atoms with Gasteiger partial charge in [0.05, 0.1) is 0 Å².